The van der Waals surface area contributed by atoms with Crippen LogP contribution in [-0.2, 0) is 11.3 Å². The summed E-state index contributed by atoms with van der Waals surface area (Å²) in [6, 6.07) is 4.94. The van der Waals surface area contributed by atoms with Gasteiger partial charge in [0.15, 0.2) is 0 Å². The monoisotopic (exact) mass is 301 g/mol. The second-order valence-corrected chi connectivity index (χ2v) is 5.54. The van der Waals surface area contributed by atoms with E-state index in [1.807, 2.05) is 6.07 Å². The fourth-order valence-corrected chi connectivity index (χ4v) is 2.68. The second-order valence-electron chi connectivity index (χ2n) is 4.62. The number of rotatable bonds is 5. The third-order valence-electron chi connectivity index (χ3n) is 3.40. The molecule has 0 radical (unpaired) electrons. The van der Waals surface area contributed by atoms with Crippen LogP contribution in [0.4, 0.5) is 4.39 Å². The lowest BCUT2D eigenvalue weighted by molar-refractivity contribution is -0.0695. The van der Waals surface area contributed by atoms with Crippen LogP contribution >= 0.6 is 15.9 Å². The molecule has 0 aliphatic heterocycles. The Morgan fingerprint density at radius 1 is 1.41 bits per heavy atom. The van der Waals surface area contributed by atoms with E-state index in [-0.39, 0.29) is 11.4 Å². The van der Waals surface area contributed by atoms with E-state index in [2.05, 4.69) is 21.2 Å². The van der Waals surface area contributed by atoms with E-state index in [0.29, 0.717) is 6.54 Å². The second kappa shape index (κ2) is 5.46. The van der Waals surface area contributed by atoms with Crippen LogP contribution in [0.1, 0.15) is 24.8 Å². The third-order valence-corrected chi connectivity index (χ3v) is 3.85. The van der Waals surface area contributed by atoms with Gasteiger partial charge in [-0.1, -0.05) is 15.9 Å². The summed E-state index contributed by atoms with van der Waals surface area (Å²) in [4.78, 5) is 0. The molecule has 0 amide bonds. The molecular weight excluding hydrogens is 285 g/mol. The lowest BCUT2D eigenvalue weighted by Gasteiger charge is -2.40. The summed E-state index contributed by atoms with van der Waals surface area (Å²) in [5.41, 5.74) is 0.965. The minimum atomic E-state index is -0.207. The highest BCUT2D eigenvalue weighted by atomic mass is 79.9. The molecule has 2 nitrogen and oxygen atoms in total. The van der Waals surface area contributed by atoms with E-state index in [4.69, 9.17) is 4.74 Å². The lowest BCUT2D eigenvalue weighted by atomic mass is 9.80. The number of hydrogen-bond acceptors (Lipinski definition) is 2. The zero-order valence-corrected chi connectivity index (χ0v) is 11.5. The van der Waals surface area contributed by atoms with E-state index >= 15 is 0 Å². The maximum Gasteiger partial charge on any atom is 0.124 e. The van der Waals surface area contributed by atoms with Crippen molar-refractivity contribution >= 4 is 15.9 Å². The molecular formula is C13H17BrFNO. The molecule has 1 aromatic rings. The van der Waals surface area contributed by atoms with Crippen LogP contribution in [0.3, 0.4) is 0 Å². The van der Waals surface area contributed by atoms with Crippen LogP contribution in [0.15, 0.2) is 22.7 Å². The Morgan fingerprint density at radius 2 is 2.18 bits per heavy atom. The first-order valence-corrected chi connectivity index (χ1v) is 6.64. The van der Waals surface area contributed by atoms with Gasteiger partial charge in [0.25, 0.3) is 0 Å². The minimum absolute atomic E-state index is 0.0184. The van der Waals surface area contributed by atoms with Crippen molar-refractivity contribution in [1.82, 2.24) is 5.32 Å². The Morgan fingerprint density at radius 3 is 2.71 bits per heavy atom. The Hall–Kier alpha value is -0.450. The van der Waals surface area contributed by atoms with Crippen molar-refractivity contribution in [3.05, 3.63) is 34.1 Å². The summed E-state index contributed by atoms with van der Waals surface area (Å²) >= 11 is 3.29. The molecule has 1 fully saturated rings. The molecule has 0 bridgehead atoms. The molecule has 0 atom stereocenters. The zero-order valence-electron chi connectivity index (χ0n) is 9.93. The molecule has 1 aliphatic carbocycles. The average Bonchev–Trinajstić information content (AvgIpc) is 2.20. The summed E-state index contributed by atoms with van der Waals surface area (Å²) in [6.45, 7) is 1.50. The molecule has 0 aromatic heterocycles. The first-order chi connectivity index (χ1) is 8.13. The van der Waals surface area contributed by atoms with Crippen molar-refractivity contribution in [3.63, 3.8) is 0 Å². The van der Waals surface area contributed by atoms with E-state index in [1.165, 1.54) is 12.5 Å². The zero-order chi connectivity index (χ0) is 12.3. The number of methoxy groups -OCH3 is 1. The van der Waals surface area contributed by atoms with Crippen LogP contribution in [0, 0.1) is 5.82 Å². The van der Waals surface area contributed by atoms with Crippen molar-refractivity contribution in [3.8, 4) is 0 Å². The van der Waals surface area contributed by atoms with Crippen LogP contribution in [0.5, 0.6) is 0 Å². The highest BCUT2D eigenvalue weighted by Crippen LogP contribution is 2.34. The predicted octanol–water partition coefficient (Wildman–Crippen LogP) is 3.25. The fraction of sp³-hybridized carbons (Fsp3) is 0.538. The van der Waals surface area contributed by atoms with Gasteiger partial charge in [0, 0.05) is 24.7 Å². The van der Waals surface area contributed by atoms with E-state index < -0.39 is 0 Å². The summed E-state index contributed by atoms with van der Waals surface area (Å²) in [7, 11) is 1.76. The summed E-state index contributed by atoms with van der Waals surface area (Å²) in [5, 5.41) is 3.34. The molecule has 94 valence electrons. The van der Waals surface area contributed by atoms with E-state index in [0.717, 1.165) is 29.4 Å². The van der Waals surface area contributed by atoms with E-state index in [1.54, 1.807) is 13.2 Å². The van der Waals surface area contributed by atoms with Crippen LogP contribution in [-0.4, -0.2) is 19.3 Å². The highest BCUT2D eigenvalue weighted by molar-refractivity contribution is 9.10. The molecule has 17 heavy (non-hydrogen) atoms. The normalized spacial score (nSPS) is 17.8. The maximum atomic E-state index is 13.2. The minimum Gasteiger partial charge on any atom is -0.377 e. The van der Waals surface area contributed by atoms with Gasteiger partial charge in [-0.05, 0) is 43.0 Å². The first kappa shape index (κ1) is 13.0. The summed E-state index contributed by atoms with van der Waals surface area (Å²) < 4.78 is 19.4. The first-order valence-electron chi connectivity index (χ1n) is 5.84. The Bertz CT molecular complexity index is 367. The molecule has 4 heteroatoms. The van der Waals surface area contributed by atoms with Crippen LogP contribution in [0.2, 0.25) is 0 Å². The molecule has 1 aliphatic rings. The topological polar surface area (TPSA) is 21.3 Å². The van der Waals surface area contributed by atoms with Gasteiger partial charge in [0.2, 0.25) is 0 Å². The number of hydrogen-bond donors (Lipinski definition) is 1. The van der Waals surface area contributed by atoms with Crippen molar-refractivity contribution in [2.75, 3.05) is 13.7 Å². The lowest BCUT2D eigenvalue weighted by Crippen LogP contribution is -2.47. The van der Waals surface area contributed by atoms with Gasteiger partial charge < -0.3 is 10.1 Å². The van der Waals surface area contributed by atoms with Crippen molar-refractivity contribution < 1.29 is 9.13 Å². The number of nitrogens with one attached hydrogen (secondary N) is 1. The molecule has 1 saturated carbocycles. The van der Waals surface area contributed by atoms with Crippen molar-refractivity contribution in [1.29, 1.82) is 0 Å². The van der Waals surface area contributed by atoms with Crippen molar-refractivity contribution in [2.24, 2.45) is 0 Å². The highest BCUT2D eigenvalue weighted by Gasteiger charge is 2.36. The largest absolute Gasteiger partial charge is 0.377 e. The van der Waals surface area contributed by atoms with Crippen LogP contribution in [0.25, 0.3) is 0 Å². The molecule has 1 N–H and O–H groups in total. The van der Waals surface area contributed by atoms with Gasteiger partial charge in [-0.2, -0.15) is 0 Å². The Kier molecular flexibility index (Phi) is 4.17. The summed E-state index contributed by atoms with van der Waals surface area (Å²) in [6.07, 6.45) is 3.47. The molecule has 0 unspecified atom stereocenters. The van der Waals surface area contributed by atoms with Crippen molar-refractivity contribution in [2.45, 2.75) is 31.4 Å². The average molecular weight is 302 g/mol. The van der Waals surface area contributed by atoms with E-state index in [9.17, 15) is 4.39 Å². The molecule has 2 rings (SSSR count). The fourth-order valence-electron chi connectivity index (χ4n) is 2.17. The Labute approximate surface area is 110 Å². The van der Waals surface area contributed by atoms with Gasteiger partial charge in [-0.15, -0.1) is 0 Å². The van der Waals surface area contributed by atoms with Gasteiger partial charge >= 0.3 is 0 Å². The predicted molar refractivity (Wildman–Crippen MR) is 69.4 cm³/mol. The quantitative estimate of drug-likeness (QED) is 0.901. The molecule has 0 heterocycles. The smallest absolute Gasteiger partial charge is 0.124 e. The maximum absolute atomic E-state index is 13.2. The van der Waals surface area contributed by atoms with Gasteiger partial charge in [0.1, 0.15) is 5.82 Å². The van der Waals surface area contributed by atoms with Gasteiger partial charge in [0.05, 0.1) is 5.60 Å². The number of ether oxygens (including phenoxy) is 1. The summed E-state index contributed by atoms with van der Waals surface area (Å²) in [5.74, 6) is -0.207. The van der Waals surface area contributed by atoms with Gasteiger partial charge in [-0.3, -0.25) is 0 Å². The standard InChI is InChI=1S/C13H17BrFNO/c1-17-13(3-2-4-13)9-16-8-10-5-11(14)7-12(15)6-10/h5-7,16H,2-4,8-9H2,1H3. The molecule has 0 spiro atoms. The SMILES string of the molecule is COC1(CNCc2cc(F)cc(Br)c2)CCC1. The Balaban J connectivity index is 1.85. The number of halogens is 2. The van der Waals surface area contributed by atoms with Gasteiger partial charge in [-0.25, -0.2) is 4.39 Å². The van der Waals surface area contributed by atoms with Crippen LogP contribution < -0.4 is 5.32 Å². The molecule has 0 saturated heterocycles. The number of benzene rings is 1. The molecule has 1 aromatic carbocycles. The third kappa shape index (κ3) is 3.27.